The van der Waals surface area contributed by atoms with Crippen LogP contribution in [0.2, 0.25) is 18.1 Å². The number of fused-ring (bicyclic) bond motifs is 1. The Bertz CT molecular complexity index is 489. The van der Waals surface area contributed by atoms with Gasteiger partial charge in [-0.3, -0.25) is 0 Å². The third kappa shape index (κ3) is 3.93. The molecule has 0 bridgehead atoms. The SMILES string of the molecule is CN(C)C(=O)N1C[C@@H]2OC(C)(C)O[C@@H]2[C@@H](O[Si](C)(C)C(C)(C)C)O1. The Labute approximate surface area is 146 Å². The molecule has 0 aromatic heterocycles. The highest BCUT2D eigenvalue weighted by Gasteiger charge is 2.54. The van der Waals surface area contributed by atoms with Crippen molar-refractivity contribution < 1.29 is 23.5 Å². The number of amides is 2. The largest absolute Gasteiger partial charge is 0.389 e. The van der Waals surface area contributed by atoms with E-state index in [0.717, 1.165) is 0 Å². The van der Waals surface area contributed by atoms with Crippen molar-refractivity contribution in [3.8, 4) is 0 Å². The fourth-order valence-corrected chi connectivity index (χ4v) is 3.64. The maximum Gasteiger partial charge on any atom is 0.343 e. The first-order valence-electron chi connectivity index (χ1n) is 8.42. The van der Waals surface area contributed by atoms with Gasteiger partial charge >= 0.3 is 6.03 Å². The molecular formula is C16H32N2O5Si. The molecule has 0 spiro atoms. The van der Waals surface area contributed by atoms with Gasteiger partial charge in [0.1, 0.15) is 12.2 Å². The van der Waals surface area contributed by atoms with Gasteiger partial charge in [0.2, 0.25) is 6.29 Å². The van der Waals surface area contributed by atoms with Crippen LogP contribution in [0.25, 0.3) is 0 Å². The maximum absolute atomic E-state index is 12.3. The molecule has 7 nitrogen and oxygen atoms in total. The van der Waals surface area contributed by atoms with Gasteiger partial charge in [-0.2, -0.15) is 5.06 Å². The van der Waals surface area contributed by atoms with E-state index in [1.807, 2.05) is 13.8 Å². The summed E-state index contributed by atoms with van der Waals surface area (Å²) < 4.78 is 18.4. The normalized spacial score (nSPS) is 30.2. The van der Waals surface area contributed by atoms with E-state index >= 15 is 0 Å². The Kier molecular flexibility index (Phi) is 5.11. The van der Waals surface area contributed by atoms with Crippen LogP contribution in [0.5, 0.6) is 0 Å². The summed E-state index contributed by atoms with van der Waals surface area (Å²) >= 11 is 0. The number of carbonyl (C=O) groups is 1. The highest BCUT2D eigenvalue weighted by molar-refractivity contribution is 6.74. The molecule has 0 aliphatic carbocycles. The van der Waals surface area contributed by atoms with E-state index in [9.17, 15) is 4.79 Å². The summed E-state index contributed by atoms with van der Waals surface area (Å²) in [6.07, 6.45) is -1.27. The van der Waals surface area contributed by atoms with Crippen molar-refractivity contribution in [2.24, 2.45) is 0 Å². The number of hydrogen-bond donors (Lipinski definition) is 0. The number of urea groups is 1. The third-order valence-electron chi connectivity index (χ3n) is 4.88. The minimum Gasteiger partial charge on any atom is -0.389 e. The minimum absolute atomic E-state index is 0.0225. The summed E-state index contributed by atoms with van der Waals surface area (Å²) in [5.41, 5.74) is 0. The average molecular weight is 361 g/mol. The molecule has 24 heavy (non-hydrogen) atoms. The molecule has 0 unspecified atom stereocenters. The first kappa shape index (κ1) is 19.6. The Morgan fingerprint density at radius 3 is 2.33 bits per heavy atom. The lowest BCUT2D eigenvalue weighted by Gasteiger charge is -2.44. The summed E-state index contributed by atoms with van der Waals surface area (Å²) in [4.78, 5) is 19.7. The van der Waals surface area contributed by atoms with Crippen LogP contribution in [-0.4, -0.2) is 69.2 Å². The zero-order valence-corrected chi connectivity index (χ0v) is 17.4. The highest BCUT2D eigenvalue weighted by Crippen LogP contribution is 2.41. The lowest BCUT2D eigenvalue weighted by Crippen LogP contribution is -2.59. The van der Waals surface area contributed by atoms with E-state index in [0.29, 0.717) is 6.54 Å². The summed E-state index contributed by atoms with van der Waals surface area (Å²) in [5, 5.41) is 1.35. The molecule has 2 aliphatic heterocycles. The van der Waals surface area contributed by atoms with E-state index < -0.39 is 20.4 Å². The van der Waals surface area contributed by atoms with Gasteiger partial charge in [0.25, 0.3) is 0 Å². The molecule has 3 atom stereocenters. The molecule has 0 aromatic rings. The monoisotopic (exact) mass is 360 g/mol. The van der Waals surface area contributed by atoms with E-state index in [4.69, 9.17) is 18.7 Å². The fraction of sp³-hybridized carbons (Fsp3) is 0.938. The number of hydroxylamine groups is 2. The highest BCUT2D eigenvalue weighted by atomic mass is 28.4. The smallest absolute Gasteiger partial charge is 0.343 e. The van der Waals surface area contributed by atoms with E-state index in [-0.39, 0.29) is 23.3 Å². The van der Waals surface area contributed by atoms with Gasteiger partial charge in [0, 0.05) is 14.1 Å². The van der Waals surface area contributed by atoms with Crippen molar-refractivity contribution in [1.29, 1.82) is 0 Å². The van der Waals surface area contributed by atoms with E-state index in [1.54, 1.807) is 14.1 Å². The molecule has 0 radical (unpaired) electrons. The van der Waals surface area contributed by atoms with Crippen molar-refractivity contribution in [3.63, 3.8) is 0 Å². The molecule has 0 aromatic carbocycles. The van der Waals surface area contributed by atoms with Crippen LogP contribution in [-0.2, 0) is 18.7 Å². The van der Waals surface area contributed by atoms with Gasteiger partial charge in [0.05, 0.1) is 6.54 Å². The Morgan fingerprint density at radius 1 is 1.25 bits per heavy atom. The molecule has 2 heterocycles. The number of rotatable bonds is 2. The van der Waals surface area contributed by atoms with Crippen molar-refractivity contribution in [2.45, 2.75) is 77.0 Å². The summed E-state index contributed by atoms with van der Waals surface area (Å²) in [5.74, 6) is -0.717. The standard InChI is InChI=1S/C16H32N2O5Si/c1-15(2,3)24(8,9)23-13-12-11(20-16(4,5)21-12)10-18(22-13)14(19)17(6)7/h11-13H,10H2,1-9H3/t11-,12-,13+/m0/s1. The molecule has 2 fully saturated rings. The van der Waals surface area contributed by atoms with Gasteiger partial charge in [-0.15, -0.1) is 0 Å². The Hall–Kier alpha value is -0.673. The predicted molar refractivity (Wildman–Crippen MR) is 92.8 cm³/mol. The second kappa shape index (κ2) is 6.24. The second-order valence-corrected chi connectivity index (χ2v) is 13.5. The lowest BCUT2D eigenvalue weighted by molar-refractivity contribution is -0.296. The number of hydrogen-bond acceptors (Lipinski definition) is 5. The molecular weight excluding hydrogens is 328 g/mol. The van der Waals surface area contributed by atoms with E-state index in [2.05, 4.69) is 33.9 Å². The zero-order chi connectivity index (χ0) is 18.5. The zero-order valence-electron chi connectivity index (χ0n) is 16.4. The molecule has 0 N–H and O–H groups in total. The van der Waals surface area contributed by atoms with Gasteiger partial charge in [-0.25, -0.2) is 9.63 Å². The second-order valence-electron chi connectivity index (χ2n) is 8.73. The quantitative estimate of drug-likeness (QED) is 0.709. The third-order valence-corrected chi connectivity index (χ3v) is 9.31. The summed E-state index contributed by atoms with van der Waals surface area (Å²) in [7, 11) is 1.28. The first-order valence-corrected chi connectivity index (χ1v) is 11.3. The van der Waals surface area contributed by atoms with Crippen molar-refractivity contribution >= 4 is 14.3 Å². The first-order chi connectivity index (χ1) is 10.7. The molecule has 2 rings (SSSR count). The molecule has 2 saturated heterocycles. The molecule has 8 heteroatoms. The van der Waals surface area contributed by atoms with Crippen LogP contribution in [0.15, 0.2) is 0 Å². The summed E-state index contributed by atoms with van der Waals surface area (Å²) in [6, 6.07) is -0.231. The number of ether oxygens (including phenoxy) is 2. The summed E-state index contributed by atoms with van der Waals surface area (Å²) in [6.45, 7) is 14.9. The lowest BCUT2D eigenvalue weighted by atomic mass is 10.2. The molecule has 2 aliphatic rings. The topological polar surface area (TPSA) is 60.5 Å². The fourth-order valence-electron chi connectivity index (χ4n) is 2.53. The van der Waals surface area contributed by atoms with Gasteiger partial charge < -0.3 is 18.8 Å². The van der Waals surface area contributed by atoms with Gasteiger partial charge in [0.15, 0.2) is 14.1 Å². The predicted octanol–water partition coefficient (Wildman–Crippen LogP) is 2.78. The number of carbonyl (C=O) groups excluding carboxylic acids is 1. The molecule has 140 valence electrons. The van der Waals surface area contributed by atoms with Crippen LogP contribution in [0.4, 0.5) is 4.79 Å². The van der Waals surface area contributed by atoms with Crippen LogP contribution in [0.1, 0.15) is 34.6 Å². The van der Waals surface area contributed by atoms with Crippen molar-refractivity contribution in [3.05, 3.63) is 0 Å². The van der Waals surface area contributed by atoms with Crippen molar-refractivity contribution in [1.82, 2.24) is 9.96 Å². The average Bonchev–Trinajstić information content (AvgIpc) is 2.70. The van der Waals surface area contributed by atoms with Crippen LogP contribution >= 0.6 is 0 Å². The number of nitrogens with zero attached hydrogens (tertiary/aromatic N) is 2. The van der Waals surface area contributed by atoms with Crippen LogP contribution < -0.4 is 0 Å². The van der Waals surface area contributed by atoms with Gasteiger partial charge in [-0.1, -0.05) is 20.8 Å². The van der Waals surface area contributed by atoms with Gasteiger partial charge in [-0.05, 0) is 32.0 Å². The van der Waals surface area contributed by atoms with Crippen molar-refractivity contribution in [2.75, 3.05) is 20.6 Å². The van der Waals surface area contributed by atoms with E-state index in [1.165, 1.54) is 9.96 Å². The minimum atomic E-state index is -2.10. The van der Waals surface area contributed by atoms with Crippen LogP contribution in [0, 0.1) is 0 Å². The van der Waals surface area contributed by atoms with Crippen LogP contribution in [0.3, 0.4) is 0 Å². The Balaban J connectivity index is 2.24. The molecule has 2 amide bonds. The molecule has 0 saturated carbocycles. The maximum atomic E-state index is 12.3. The Morgan fingerprint density at radius 2 is 1.83 bits per heavy atom.